The van der Waals surface area contributed by atoms with E-state index in [1.807, 2.05) is 17.5 Å². The molecular weight excluding hydrogens is 241 g/mol. The molecule has 0 aliphatic rings. The molecule has 0 aromatic carbocycles. The molecule has 17 heavy (non-hydrogen) atoms. The Morgan fingerprint density at radius 3 is 3.06 bits per heavy atom. The zero-order chi connectivity index (χ0) is 12.1. The van der Waals surface area contributed by atoms with E-state index in [0.717, 1.165) is 10.9 Å². The first-order valence-electron chi connectivity index (χ1n) is 5.07. The summed E-state index contributed by atoms with van der Waals surface area (Å²) in [6.45, 7) is 0.295. The maximum atomic E-state index is 12.8. The molecule has 0 fully saturated rings. The summed E-state index contributed by atoms with van der Waals surface area (Å²) in [4.78, 5) is 16.0. The number of thiophene rings is 1. The van der Waals surface area contributed by atoms with E-state index in [4.69, 9.17) is 4.74 Å². The molecule has 0 saturated heterocycles. The first-order valence-corrected chi connectivity index (χ1v) is 5.95. The van der Waals surface area contributed by atoms with Crippen molar-refractivity contribution in [2.24, 2.45) is 0 Å². The van der Waals surface area contributed by atoms with Crippen molar-refractivity contribution in [1.29, 1.82) is 0 Å². The third-order valence-electron chi connectivity index (χ3n) is 2.12. The lowest BCUT2D eigenvalue weighted by Crippen LogP contribution is -2.08. The molecule has 0 radical (unpaired) electrons. The Labute approximate surface area is 102 Å². The normalized spacial score (nSPS) is 10.2. The fourth-order valence-corrected chi connectivity index (χ4v) is 2.00. The lowest BCUT2D eigenvalue weighted by atomic mass is 10.3. The fourth-order valence-electron chi connectivity index (χ4n) is 1.31. The number of rotatable bonds is 4. The van der Waals surface area contributed by atoms with Crippen molar-refractivity contribution in [3.8, 4) is 0 Å². The van der Waals surface area contributed by atoms with Crippen LogP contribution >= 0.6 is 11.3 Å². The van der Waals surface area contributed by atoms with Crippen LogP contribution in [0.1, 0.15) is 15.2 Å². The lowest BCUT2D eigenvalue weighted by molar-refractivity contribution is 0.0509. The molecule has 0 bridgehead atoms. The Hall–Kier alpha value is -1.75. The van der Waals surface area contributed by atoms with E-state index >= 15 is 0 Å². The zero-order valence-electron chi connectivity index (χ0n) is 8.93. The van der Waals surface area contributed by atoms with E-state index in [9.17, 15) is 9.18 Å². The van der Waals surface area contributed by atoms with Gasteiger partial charge in [-0.05, 0) is 17.5 Å². The van der Waals surface area contributed by atoms with Gasteiger partial charge < -0.3 is 4.74 Å². The van der Waals surface area contributed by atoms with Crippen LogP contribution in [0.4, 0.5) is 4.39 Å². The average Bonchev–Trinajstić information content (AvgIpc) is 2.82. The summed E-state index contributed by atoms with van der Waals surface area (Å²) in [5.41, 5.74) is 0.184. The number of hydrogen-bond acceptors (Lipinski definition) is 4. The summed E-state index contributed by atoms with van der Waals surface area (Å²) in [5, 5.41) is 1.97. The molecule has 0 spiro atoms. The van der Waals surface area contributed by atoms with Gasteiger partial charge in [-0.1, -0.05) is 6.07 Å². The van der Waals surface area contributed by atoms with Crippen molar-refractivity contribution in [2.45, 2.75) is 6.42 Å². The van der Waals surface area contributed by atoms with E-state index in [0.29, 0.717) is 13.0 Å². The SMILES string of the molecule is O=C(OCCc1cccs1)c1ccnc(F)c1. The maximum Gasteiger partial charge on any atom is 0.338 e. The van der Waals surface area contributed by atoms with Crippen molar-refractivity contribution in [2.75, 3.05) is 6.61 Å². The maximum absolute atomic E-state index is 12.8. The largest absolute Gasteiger partial charge is 0.462 e. The van der Waals surface area contributed by atoms with E-state index in [-0.39, 0.29) is 5.56 Å². The Balaban J connectivity index is 1.85. The van der Waals surface area contributed by atoms with Gasteiger partial charge in [0.05, 0.1) is 12.2 Å². The van der Waals surface area contributed by atoms with E-state index in [1.54, 1.807) is 11.3 Å². The van der Waals surface area contributed by atoms with Gasteiger partial charge >= 0.3 is 5.97 Å². The van der Waals surface area contributed by atoms with Gasteiger partial charge in [-0.3, -0.25) is 0 Å². The highest BCUT2D eigenvalue weighted by Gasteiger charge is 2.08. The van der Waals surface area contributed by atoms with Gasteiger partial charge in [0.15, 0.2) is 0 Å². The van der Waals surface area contributed by atoms with Crippen molar-refractivity contribution in [3.05, 3.63) is 52.2 Å². The van der Waals surface area contributed by atoms with Gasteiger partial charge in [-0.15, -0.1) is 11.3 Å². The van der Waals surface area contributed by atoms with Gasteiger partial charge in [0.2, 0.25) is 5.95 Å². The summed E-state index contributed by atoms with van der Waals surface area (Å²) in [6.07, 6.45) is 1.92. The molecule has 2 rings (SSSR count). The Bertz CT molecular complexity index is 499. The first kappa shape index (κ1) is 11.7. The minimum absolute atomic E-state index is 0.184. The minimum Gasteiger partial charge on any atom is -0.462 e. The third kappa shape index (κ3) is 3.35. The molecule has 0 saturated carbocycles. The van der Waals surface area contributed by atoms with Gasteiger partial charge in [-0.2, -0.15) is 4.39 Å². The number of carbonyl (C=O) groups is 1. The quantitative estimate of drug-likeness (QED) is 0.619. The molecule has 2 aromatic rings. The fraction of sp³-hybridized carbons (Fsp3) is 0.167. The molecule has 0 aliphatic carbocycles. The van der Waals surface area contributed by atoms with Gasteiger partial charge in [0.25, 0.3) is 0 Å². The van der Waals surface area contributed by atoms with E-state index in [1.165, 1.54) is 12.3 Å². The second-order valence-corrected chi connectivity index (χ2v) is 4.36. The molecule has 0 aliphatic heterocycles. The highest BCUT2D eigenvalue weighted by Crippen LogP contribution is 2.10. The number of ether oxygens (including phenoxy) is 1. The molecule has 2 aromatic heterocycles. The third-order valence-corrected chi connectivity index (χ3v) is 3.06. The topological polar surface area (TPSA) is 39.2 Å². The Morgan fingerprint density at radius 1 is 1.47 bits per heavy atom. The van der Waals surface area contributed by atoms with Crippen molar-refractivity contribution >= 4 is 17.3 Å². The monoisotopic (exact) mass is 251 g/mol. The minimum atomic E-state index is -0.683. The lowest BCUT2D eigenvalue weighted by Gasteiger charge is -2.03. The van der Waals surface area contributed by atoms with Crippen LogP contribution < -0.4 is 0 Å². The zero-order valence-corrected chi connectivity index (χ0v) is 9.74. The molecule has 0 N–H and O–H groups in total. The predicted octanol–water partition coefficient (Wildman–Crippen LogP) is 2.68. The Kier molecular flexibility index (Phi) is 3.82. The second-order valence-electron chi connectivity index (χ2n) is 3.33. The van der Waals surface area contributed by atoms with Crippen LogP contribution in [0.3, 0.4) is 0 Å². The van der Waals surface area contributed by atoms with Crippen LogP contribution in [-0.4, -0.2) is 17.6 Å². The summed E-state index contributed by atoms with van der Waals surface area (Å²) >= 11 is 1.61. The first-order chi connectivity index (χ1) is 8.25. The number of carbonyl (C=O) groups excluding carboxylic acids is 1. The summed E-state index contributed by atoms with van der Waals surface area (Å²) in [5.74, 6) is -1.21. The molecule has 3 nitrogen and oxygen atoms in total. The molecule has 5 heteroatoms. The van der Waals surface area contributed by atoms with Crippen LogP contribution in [0, 0.1) is 5.95 Å². The van der Waals surface area contributed by atoms with Gasteiger partial charge in [0.1, 0.15) is 0 Å². The number of halogens is 1. The summed E-state index contributed by atoms with van der Waals surface area (Å²) in [6, 6.07) is 6.41. The van der Waals surface area contributed by atoms with Crippen LogP contribution in [0.15, 0.2) is 35.8 Å². The van der Waals surface area contributed by atoms with Crippen molar-refractivity contribution in [3.63, 3.8) is 0 Å². The highest BCUT2D eigenvalue weighted by atomic mass is 32.1. The van der Waals surface area contributed by atoms with E-state index in [2.05, 4.69) is 4.98 Å². The summed E-state index contributed by atoms with van der Waals surface area (Å²) in [7, 11) is 0. The van der Waals surface area contributed by atoms with Crippen LogP contribution in [-0.2, 0) is 11.2 Å². The number of hydrogen-bond donors (Lipinski definition) is 0. The molecular formula is C12H10FNO2S. The molecule has 0 atom stereocenters. The molecule has 2 heterocycles. The number of esters is 1. The molecule has 88 valence electrons. The second kappa shape index (κ2) is 5.54. The molecule has 0 unspecified atom stereocenters. The summed E-state index contributed by atoms with van der Waals surface area (Å²) < 4.78 is 17.8. The van der Waals surface area contributed by atoms with Crippen molar-refractivity contribution < 1.29 is 13.9 Å². The van der Waals surface area contributed by atoms with Gasteiger partial charge in [0, 0.05) is 23.6 Å². The molecule has 0 amide bonds. The smallest absolute Gasteiger partial charge is 0.338 e. The van der Waals surface area contributed by atoms with E-state index < -0.39 is 11.9 Å². The van der Waals surface area contributed by atoms with Crippen LogP contribution in [0.5, 0.6) is 0 Å². The number of aromatic nitrogens is 1. The number of pyridine rings is 1. The van der Waals surface area contributed by atoms with Crippen molar-refractivity contribution in [1.82, 2.24) is 4.98 Å². The predicted molar refractivity (Wildman–Crippen MR) is 62.5 cm³/mol. The van der Waals surface area contributed by atoms with Gasteiger partial charge in [-0.25, -0.2) is 9.78 Å². The van der Waals surface area contributed by atoms with Crippen LogP contribution in [0.2, 0.25) is 0 Å². The number of nitrogens with zero attached hydrogens (tertiary/aromatic N) is 1. The standard InChI is InChI=1S/C12H10FNO2S/c13-11-8-9(3-5-14-11)12(15)16-6-4-10-2-1-7-17-10/h1-3,5,7-8H,4,6H2. The highest BCUT2D eigenvalue weighted by molar-refractivity contribution is 7.09. The Morgan fingerprint density at radius 2 is 2.35 bits per heavy atom. The van der Waals surface area contributed by atoms with Crippen LogP contribution in [0.25, 0.3) is 0 Å². The average molecular weight is 251 g/mol.